The number of anilines is 1. The number of benzene rings is 1. The molecule has 1 unspecified atom stereocenters. The van der Waals surface area contributed by atoms with E-state index in [0.717, 1.165) is 22.7 Å². The largest absolute Gasteiger partial charge is 0.357 e. The van der Waals surface area contributed by atoms with Crippen molar-refractivity contribution in [3.63, 3.8) is 0 Å². The van der Waals surface area contributed by atoms with Gasteiger partial charge in [0, 0.05) is 18.6 Å². The quantitative estimate of drug-likeness (QED) is 0.425. The fourth-order valence-corrected chi connectivity index (χ4v) is 4.84. The lowest BCUT2D eigenvalue weighted by Gasteiger charge is -2.16. The summed E-state index contributed by atoms with van der Waals surface area (Å²) in [5.74, 6) is 0. The van der Waals surface area contributed by atoms with Crippen molar-refractivity contribution in [2.75, 3.05) is 4.72 Å². The van der Waals surface area contributed by atoms with Gasteiger partial charge >= 0.3 is 10.3 Å². The van der Waals surface area contributed by atoms with Gasteiger partial charge in [-0.25, -0.2) is 18.9 Å². The van der Waals surface area contributed by atoms with Gasteiger partial charge in [-0.1, -0.05) is 19.1 Å². The first-order valence-corrected chi connectivity index (χ1v) is 12.1. The summed E-state index contributed by atoms with van der Waals surface area (Å²) in [6, 6.07) is 6.25. The Hall–Kier alpha value is -2.12. The molecule has 1 aromatic carbocycles. The number of hydrogen-bond donors (Lipinski definition) is 3. The highest BCUT2D eigenvalue weighted by Gasteiger charge is 2.20. The molecule has 2 atom stereocenters. The van der Waals surface area contributed by atoms with Crippen LogP contribution < -0.4 is 9.44 Å². The van der Waals surface area contributed by atoms with Crippen molar-refractivity contribution in [1.82, 2.24) is 19.3 Å². The molecule has 0 aliphatic carbocycles. The molecule has 12 heteroatoms. The number of imidazole rings is 1. The van der Waals surface area contributed by atoms with Crippen LogP contribution in [0.15, 0.2) is 47.2 Å². The van der Waals surface area contributed by atoms with Crippen LogP contribution in [0, 0.1) is 0 Å². The predicted octanol–water partition coefficient (Wildman–Crippen LogP) is 2.25. The minimum atomic E-state index is -4.32. The predicted molar refractivity (Wildman–Crippen MR) is 112 cm³/mol. The summed E-state index contributed by atoms with van der Waals surface area (Å²) in [4.78, 5) is 8.74. The van der Waals surface area contributed by atoms with Gasteiger partial charge in [-0.2, -0.15) is 8.42 Å². The maximum atomic E-state index is 12.7. The molecule has 0 amide bonds. The summed E-state index contributed by atoms with van der Waals surface area (Å²) in [5.41, 5.74) is 1.92. The molecular formula is C17H21N5O4S3. The third kappa shape index (κ3) is 6.18. The molecule has 29 heavy (non-hydrogen) atoms. The Balaban J connectivity index is 1.80. The molecule has 0 saturated heterocycles. The van der Waals surface area contributed by atoms with Gasteiger partial charge in [0.15, 0.2) is 5.03 Å². The van der Waals surface area contributed by atoms with E-state index in [1.54, 1.807) is 59.7 Å². The molecule has 0 spiro atoms. The molecule has 0 aliphatic heterocycles. The van der Waals surface area contributed by atoms with Crippen molar-refractivity contribution < 1.29 is 17.2 Å². The lowest BCUT2D eigenvalue weighted by molar-refractivity contribution is 0.489. The molecule has 0 fully saturated rings. The molecule has 0 radical (unpaired) electrons. The zero-order valence-electron chi connectivity index (χ0n) is 15.8. The van der Waals surface area contributed by atoms with Crippen molar-refractivity contribution >= 4 is 38.3 Å². The first kappa shape index (κ1) is 21.6. The van der Waals surface area contributed by atoms with E-state index in [1.807, 2.05) is 17.0 Å². The molecule has 0 bridgehead atoms. The number of rotatable bonds is 9. The zero-order chi connectivity index (χ0) is 21.0. The second kappa shape index (κ2) is 9.13. The second-order valence-corrected chi connectivity index (χ2v) is 9.60. The molecule has 156 valence electrons. The molecule has 2 heterocycles. The van der Waals surface area contributed by atoms with Crippen molar-refractivity contribution in [2.24, 2.45) is 7.05 Å². The normalized spacial score (nSPS) is 13.9. The first-order chi connectivity index (χ1) is 13.7. The monoisotopic (exact) mass is 455 g/mol. The van der Waals surface area contributed by atoms with Gasteiger partial charge in [0.1, 0.15) is 11.0 Å². The third-order valence-electron chi connectivity index (χ3n) is 3.99. The Morgan fingerprint density at radius 1 is 1.31 bits per heavy atom. The minimum absolute atomic E-state index is 0.250. The van der Waals surface area contributed by atoms with Crippen LogP contribution in [-0.4, -0.2) is 31.7 Å². The zero-order valence-corrected chi connectivity index (χ0v) is 18.2. The Kier molecular flexibility index (Phi) is 6.80. The summed E-state index contributed by atoms with van der Waals surface area (Å²) in [5, 5.41) is 3.36. The molecule has 3 N–H and O–H groups in total. The van der Waals surface area contributed by atoms with E-state index in [1.165, 1.54) is 0 Å². The Labute approximate surface area is 175 Å². The molecule has 3 rings (SSSR count). The van der Waals surface area contributed by atoms with Crippen LogP contribution in [0.4, 0.5) is 5.69 Å². The maximum Gasteiger partial charge on any atom is 0.357 e. The topological polar surface area (TPSA) is 126 Å². The third-order valence-corrected chi connectivity index (χ3v) is 6.58. The molecular weight excluding hydrogens is 434 g/mol. The highest BCUT2D eigenvalue weighted by molar-refractivity contribution is 7.87. The van der Waals surface area contributed by atoms with Crippen LogP contribution in [0.5, 0.6) is 0 Å². The summed E-state index contributed by atoms with van der Waals surface area (Å²) in [7, 11) is -4.03. The van der Waals surface area contributed by atoms with E-state index in [2.05, 4.69) is 14.7 Å². The van der Waals surface area contributed by atoms with Crippen molar-refractivity contribution in [2.45, 2.75) is 30.8 Å². The van der Waals surface area contributed by atoms with Crippen LogP contribution in [0.3, 0.4) is 0 Å². The van der Waals surface area contributed by atoms with Crippen LogP contribution in [0.1, 0.15) is 29.2 Å². The van der Waals surface area contributed by atoms with E-state index in [4.69, 9.17) is 4.55 Å². The average Bonchev–Trinajstić information content (AvgIpc) is 3.30. The molecule has 0 saturated carbocycles. The number of nitrogens with one attached hydrogen (secondary N) is 2. The molecule has 2 aromatic heterocycles. The van der Waals surface area contributed by atoms with Crippen molar-refractivity contribution in [3.05, 3.63) is 58.4 Å². The minimum Gasteiger partial charge on any atom is -0.339 e. The second-order valence-electron chi connectivity index (χ2n) is 6.31. The van der Waals surface area contributed by atoms with Crippen molar-refractivity contribution in [1.29, 1.82) is 0 Å². The number of aromatic nitrogens is 3. The fraction of sp³-hybridized carbons (Fsp3) is 0.294. The van der Waals surface area contributed by atoms with Crippen molar-refractivity contribution in [3.8, 4) is 0 Å². The lowest BCUT2D eigenvalue weighted by Crippen LogP contribution is -2.26. The number of nitrogens with zero attached hydrogens (tertiary/aromatic N) is 3. The SMILES string of the molecule is CCc1nc([C@H](Cc2ccc(NS(=O)(=O)O)cc2)NS(=O)c2cn(C)cn2)cs1. The van der Waals surface area contributed by atoms with E-state index >= 15 is 0 Å². The Morgan fingerprint density at radius 2 is 2.03 bits per heavy atom. The highest BCUT2D eigenvalue weighted by atomic mass is 32.2. The number of hydrogen-bond acceptors (Lipinski definition) is 6. The van der Waals surface area contributed by atoms with E-state index in [9.17, 15) is 12.6 Å². The van der Waals surface area contributed by atoms with Gasteiger partial charge in [0.2, 0.25) is 0 Å². The Bertz CT molecular complexity index is 1090. The lowest BCUT2D eigenvalue weighted by atomic mass is 10.0. The van der Waals surface area contributed by atoms with Crippen LogP contribution >= 0.6 is 11.3 Å². The molecule has 3 aromatic rings. The van der Waals surface area contributed by atoms with E-state index in [0.29, 0.717) is 11.4 Å². The standard InChI is InChI=1S/C17H21N5O4S3/c1-3-16-19-15(10-27-16)14(20-28(23)17-9-22(2)11-18-17)8-12-4-6-13(7-5-12)21-29(24,25)26/h4-7,9-11,14,20-21H,3,8H2,1-2H3,(H,24,25,26)/t14-,28?/m0/s1. The van der Waals surface area contributed by atoms with Crippen LogP contribution in [0.25, 0.3) is 0 Å². The van der Waals surface area contributed by atoms with Gasteiger partial charge in [-0.15, -0.1) is 11.3 Å². The summed E-state index contributed by atoms with van der Waals surface area (Å²) >= 11 is 1.55. The summed E-state index contributed by atoms with van der Waals surface area (Å²) in [6.45, 7) is 2.03. The smallest absolute Gasteiger partial charge is 0.339 e. The van der Waals surface area contributed by atoms with Gasteiger partial charge < -0.3 is 4.57 Å². The molecule has 0 aliphatic rings. The number of thiazole rings is 1. The maximum absolute atomic E-state index is 12.7. The van der Waals surface area contributed by atoms with Crippen LogP contribution in [-0.2, 0) is 41.2 Å². The van der Waals surface area contributed by atoms with E-state index < -0.39 is 21.3 Å². The van der Waals surface area contributed by atoms with Crippen LogP contribution in [0.2, 0.25) is 0 Å². The van der Waals surface area contributed by atoms with Gasteiger partial charge in [-0.05, 0) is 30.5 Å². The Morgan fingerprint density at radius 3 is 2.59 bits per heavy atom. The molecule has 9 nitrogen and oxygen atoms in total. The van der Waals surface area contributed by atoms with E-state index in [-0.39, 0.29) is 11.7 Å². The fourth-order valence-electron chi connectivity index (χ4n) is 2.62. The van der Waals surface area contributed by atoms with Gasteiger partial charge in [0.05, 0.1) is 28.8 Å². The van der Waals surface area contributed by atoms with Gasteiger partial charge in [0.25, 0.3) is 0 Å². The van der Waals surface area contributed by atoms with Gasteiger partial charge in [-0.3, -0.25) is 9.27 Å². The summed E-state index contributed by atoms with van der Waals surface area (Å²) < 4.78 is 50.3. The first-order valence-electron chi connectivity index (χ1n) is 8.68. The summed E-state index contributed by atoms with van der Waals surface area (Å²) in [6.07, 6.45) is 4.58. The highest BCUT2D eigenvalue weighted by Crippen LogP contribution is 2.23. The average molecular weight is 456 g/mol. The number of aryl methyl sites for hydroxylation is 2.